The van der Waals surface area contributed by atoms with Gasteiger partial charge in [-0.05, 0) is 37.0 Å². The lowest BCUT2D eigenvalue weighted by Gasteiger charge is -2.10. The molecule has 0 unspecified atom stereocenters. The molecule has 1 radical (unpaired) electrons. The van der Waals surface area contributed by atoms with Crippen LogP contribution in [0.15, 0.2) is 18.2 Å². The number of nitrogens with two attached hydrogens (primary N) is 1. The topological polar surface area (TPSA) is 43.1 Å². The number of carbonyl (C=O) groups excluding carboxylic acids is 1. The number of halogens is 1. The minimum Gasteiger partial charge on any atom is -0.369 e. The molecule has 0 atom stereocenters. The number of amides is 1. The van der Waals surface area contributed by atoms with Crippen LogP contribution in [0.4, 0.5) is 0 Å². The average Bonchev–Trinajstić information content (AvgIpc) is 2.90. The summed E-state index contributed by atoms with van der Waals surface area (Å²) < 4.78 is 0. The first-order chi connectivity index (χ1) is 6.62. The maximum Gasteiger partial charge on any atom is 0.223 e. The largest absolute Gasteiger partial charge is 0.369 e. The Morgan fingerprint density at radius 3 is 2.71 bits per heavy atom. The van der Waals surface area contributed by atoms with Gasteiger partial charge >= 0.3 is 0 Å². The molecule has 1 saturated carbocycles. The molecule has 14 heavy (non-hydrogen) atoms. The lowest BCUT2D eigenvalue weighted by molar-refractivity contribution is -0.123. The molecule has 1 fully saturated rings. The van der Waals surface area contributed by atoms with Gasteiger partial charge in [0.2, 0.25) is 5.91 Å². The van der Waals surface area contributed by atoms with Crippen molar-refractivity contribution < 1.29 is 4.79 Å². The van der Waals surface area contributed by atoms with E-state index in [4.69, 9.17) is 17.3 Å². The van der Waals surface area contributed by atoms with Crippen molar-refractivity contribution in [2.75, 3.05) is 0 Å². The van der Waals surface area contributed by atoms with E-state index in [1.165, 1.54) is 0 Å². The molecule has 2 N–H and O–H groups in total. The molecular formula is C11H11ClNO. The summed E-state index contributed by atoms with van der Waals surface area (Å²) in [7, 11) is 0. The monoisotopic (exact) mass is 208 g/mol. The number of hydrogen-bond acceptors (Lipinski definition) is 1. The molecule has 1 aliphatic carbocycles. The first-order valence-electron chi connectivity index (χ1n) is 4.58. The van der Waals surface area contributed by atoms with Gasteiger partial charge in [0.15, 0.2) is 0 Å². The Morgan fingerprint density at radius 2 is 2.29 bits per heavy atom. The molecule has 1 aliphatic rings. The lowest BCUT2D eigenvalue weighted by atomic mass is 9.96. The number of benzene rings is 1. The molecule has 2 rings (SSSR count). The van der Waals surface area contributed by atoms with Crippen LogP contribution in [0.2, 0.25) is 5.02 Å². The number of hydrogen-bond donors (Lipinski definition) is 1. The Bertz CT molecular complexity index is 354. The van der Waals surface area contributed by atoms with E-state index in [1.54, 1.807) is 6.07 Å². The standard InChI is InChI=1S/C11H11ClNO/c12-9-3-1-8(2-4-9)7-11(5-6-11)10(13)14/h1-3H,5-7H2,(H2,13,14). The Balaban J connectivity index is 2.11. The van der Waals surface area contributed by atoms with Gasteiger partial charge in [0.05, 0.1) is 5.41 Å². The van der Waals surface area contributed by atoms with Crippen molar-refractivity contribution in [2.45, 2.75) is 19.3 Å². The van der Waals surface area contributed by atoms with Gasteiger partial charge in [-0.25, -0.2) is 0 Å². The van der Waals surface area contributed by atoms with Gasteiger partial charge in [-0.15, -0.1) is 0 Å². The molecule has 1 amide bonds. The molecule has 1 aromatic rings. The molecule has 0 heterocycles. The van der Waals surface area contributed by atoms with Crippen molar-refractivity contribution in [1.82, 2.24) is 0 Å². The van der Waals surface area contributed by atoms with Crippen LogP contribution >= 0.6 is 11.6 Å². The third kappa shape index (κ3) is 1.75. The van der Waals surface area contributed by atoms with E-state index >= 15 is 0 Å². The van der Waals surface area contributed by atoms with Gasteiger partial charge in [-0.3, -0.25) is 4.79 Å². The summed E-state index contributed by atoms with van der Waals surface area (Å²) >= 11 is 5.71. The Morgan fingerprint density at radius 1 is 1.57 bits per heavy atom. The van der Waals surface area contributed by atoms with Crippen LogP contribution in [0.5, 0.6) is 0 Å². The van der Waals surface area contributed by atoms with Crippen molar-refractivity contribution in [3.63, 3.8) is 0 Å². The van der Waals surface area contributed by atoms with Crippen LogP contribution < -0.4 is 5.73 Å². The zero-order chi connectivity index (χ0) is 10.2. The molecule has 0 bridgehead atoms. The zero-order valence-corrected chi connectivity index (χ0v) is 8.47. The fraction of sp³-hybridized carbons (Fsp3) is 0.364. The maximum atomic E-state index is 11.1. The normalized spacial score (nSPS) is 17.8. The van der Waals surface area contributed by atoms with E-state index in [2.05, 4.69) is 6.07 Å². The third-order valence-corrected chi connectivity index (χ3v) is 2.99. The number of rotatable bonds is 3. The van der Waals surface area contributed by atoms with Crippen molar-refractivity contribution in [3.05, 3.63) is 34.9 Å². The minimum atomic E-state index is -0.276. The fourth-order valence-electron chi connectivity index (χ4n) is 1.60. The van der Waals surface area contributed by atoms with E-state index in [0.717, 1.165) is 24.8 Å². The number of primary amides is 1. The smallest absolute Gasteiger partial charge is 0.223 e. The highest BCUT2D eigenvalue weighted by atomic mass is 35.5. The van der Waals surface area contributed by atoms with Gasteiger partial charge in [-0.2, -0.15) is 0 Å². The van der Waals surface area contributed by atoms with E-state index < -0.39 is 0 Å². The van der Waals surface area contributed by atoms with Gasteiger partial charge in [0, 0.05) is 11.1 Å². The van der Waals surface area contributed by atoms with Crippen molar-refractivity contribution in [1.29, 1.82) is 0 Å². The van der Waals surface area contributed by atoms with Gasteiger partial charge < -0.3 is 5.73 Å². The molecule has 3 heteroatoms. The molecule has 1 aromatic carbocycles. The highest BCUT2D eigenvalue weighted by Crippen LogP contribution is 2.48. The number of carbonyl (C=O) groups is 1. The fourth-order valence-corrected chi connectivity index (χ4v) is 1.72. The van der Waals surface area contributed by atoms with Crippen LogP contribution in [0, 0.1) is 11.5 Å². The molecule has 0 spiro atoms. The molecule has 0 aromatic heterocycles. The molecular weight excluding hydrogens is 198 g/mol. The van der Waals surface area contributed by atoms with E-state index in [-0.39, 0.29) is 11.3 Å². The minimum absolute atomic E-state index is 0.188. The first-order valence-corrected chi connectivity index (χ1v) is 4.96. The van der Waals surface area contributed by atoms with Gasteiger partial charge in [0.25, 0.3) is 0 Å². The van der Waals surface area contributed by atoms with Crippen LogP contribution in [0.3, 0.4) is 0 Å². The zero-order valence-electron chi connectivity index (χ0n) is 7.72. The summed E-state index contributed by atoms with van der Waals surface area (Å²) in [5, 5.41) is 0.595. The van der Waals surface area contributed by atoms with E-state index in [9.17, 15) is 4.79 Å². The molecule has 2 nitrogen and oxygen atoms in total. The lowest BCUT2D eigenvalue weighted by Crippen LogP contribution is -2.26. The second-order valence-corrected chi connectivity index (χ2v) is 4.27. The summed E-state index contributed by atoms with van der Waals surface area (Å²) in [5.41, 5.74) is 6.13. The van der Waals surface area contributed by atoms with E-state index in [0.29, 0.717) is 5.02 Å². The second kappa shape index (κ2) is 3.28. The van der Waals surface area contributed by atoms with E-state index in [1.807, 2.05) is 12.1 Å². The summed E-state index contributed by atoms with van der Waals surface area (Å²) in [6.07, 6.45) is 2.53. The predicted octanol–water partition coefficient (Wildman–Crippen LogP) is 1.95. The summed E-state index contributed by atoms with van der Waals surface area (Å²) in [5.74, 6) is -0.188. The quantitative estimate of drug-likeness (QED) is 0.811. The van der Waals surface area contributed by atoms with Crippen molar-refractivity contribution >= 4 is 17.5 Å². The highest BCUT2D eigenvalue weighted by molar-refractivity contribution is 6.30. The molecule has 0 aliphatic heterocycles. The average molecular weight is 209 g/mol. The predicted molar refractivity (Wildman–Crippen MR) is 54.9 cm³/mol. The third-order valence-electron chi connectivity index (χ3n) is 2.76. The Hall–Kier alpha value is -1.02. The highest BCUT2D eigenvalue weighted by Gasteiger charge is 2.48. The van der Waals surface area contributed by atoms with Crippen LogP contribution in [0.1, 0.15) is 18.4 Å². The van der Waals surface area contributed by atoms with Crippen LogP contribution in [0.25, 0.3) is 0 Å². The second-order valence-electron chi connectivity index (χ2n) is 3.87. The summed E-state index contributed by atoms with van der Waals surface area (Å²) in [6.45, 7) is 0. The molecule has 73 valence electrons. The first kappa shape index (κ1) is 9.53. The summed E-state index contributed by atoms with van der Waals surface area (Å²) in [4.78, 5) is 11.1. The van der Waals surface area contributed by atoms with Crippen LogP contribution in [-0.4, -0.2) is 5.91 Å². The Kier molecular flexibility index (Phi) is 2.23. The SMILES string of the molecule is NC(=O)C1(Cc2c[c]c(Cl)cc2)CC1. The summed E-state index contributed by atoms with van der Waals surface area (Å²) in [6, 6.07) is 8.43. The van der Waals surface area contributed by atoms with Gasteiger partial charge in [0.1, 0.15) is 0 Å². The van der Waals surface area contributed by atoms with Crippen molar-refractivity contribution in [2.24, 2.45) is 11.1 Å². The molecule has 0 saturated heterocycles. The van der Waals surface area contributed by atoms with Crippen molar-refractivity contribution in [3.8, 4) is 0 Å². The maximum absolute atomic E-state index is 11.1. The van der Waals surface area contributed by atoms with Gasteiger partial charge in [-0.1, -0.05) is 17.7 Å². The Labute approximate surface area is 88.1 Å². The van der Waals surface area contributed by atoms with Crippen LogP contribution in [-0.2, 0) is 11.2 Å².